The van der Waals surface area contributed by atoms with Crippen molar-refractivity contribution < 1.29 is 10.2 Å². The molecular weight excluding hydrogens is 128 g/mol. The zero-order chi connectivity index (χ0) is 7.45. The molecule has 1 aliphatic rings. The Morgan fingerprint density at radius 3 is 2.20 bits per heavy atom. The maximum absolute atomic E-state index is 8.90. The summed E-state index contributed by atoms with van der Waals surface area (Å²) in [5, 5.41) is 17.8. The summed E-state index contributed by atoms with van der Waals surface area (Å²) < 4.78 is 0. The van der Waals surface area contributed by atoms with Crippen LogP contribution in [0.1, 0.15) is 6.42 Å². The lowest BCUT2D eigenvalue weighted by Crippen LogP contribution is -2.27. The molecule has 0 spiro atoms. The fourth-order valence-electron chi connectivity index (χ4n) is 0.994. The first-order valence-electron chi connectivity index (χ1n) is 3.39. The van der Waals surface area contributed by atoms with Crippen LogP contribution in [0.25, 0.3) is 0 Å². The Morgan fingerprint density at radius 1 is 1.20 bits per heavy atom. The molecule has 0 aliphatic heterocycles. The minimum absolute atomic E-state index is 0.0182. The lowest BCUT2D eigenvalue weighted by atomic mass is 9.83. The van der Waals surface area contributed by atoms with Crippen molar-refractivity contribution in [3.63, 3.8) is 0 Å². The van der Waals surface area contributed by atoms with Crippen LogP contribution >= 0.6 is 0 Å². The van der Waals surface area contributed by atoms with E-state index < -0.39 is 5.41 Å². The van der Waals surface area contributed by atoms with Gasteiger partial charge in [-0.05, 0) is 6.42 Å². The summed E-state index contributed by atoms with van der Waals surface area (Å²) in [7, 11) is 0. The van der Waals surface area contributed by atoms with Crippen molar-refractivity contribution in [2.75, 3.05) is 13.2 Å². The maximum atomic E-state index is 8.90. The largest absolute Gasteiger partial charge is 0.395 e. The van der Waals surface area contributed by atoms with E-state index in [0.717, 1.165) is 6.42 Å². The molecule has 1 rings (SSSR count). The average molecular weight is 140 g/mol. The van der Waals surface area contributed by atoms with Crippen molar-refractivity contribution in [1.29, 1.82) is 0 Å². The number of aliphatic hydroxyl groups is 2. The number of rotatable bonds is 2. The first-order valence-corrected chi connectivity index (χ1v) is 3.39. The van der Waals surface area contributed by atoms with Gasteiger partial charge in [-0.3, -0.25) is 0 Å². The Kier molecular flexibility index (Phi) is 2.25. The van der Waals surface area contributed by atoms with Gasteiger partial charge in [0.25, 0.3) is 0 Å². The molecule has 0 saturated heterocycles. The van der Waals surface area contributed by atoms with E-state index in [9.17, 15) is 0 Å². The zero-order valence-corrected chi connectivity index (χ0v) is 5.83. The van der Waals surface area contributed by atoms with Crippen molar-refractivity contribution in [3.8, 4) is 0 Å². The van der Waals surface area contributed by atoms with Crippen LogP contribution in [0.15, 0.2) is 24.3 Å². The van der Waals surface area contributed by atoms with Gasteiger partial charge in [-0.25, -0.2) is 0 Å². The molecule has 0 aromatic heterocycles. The van der Waals surface area contributed by atoms with Gasteiger partial charge in [-0.2, -0.15) is 0 Å². The maximum Gasteiger partial charge on any atom is 0.0547 e. The molecule has 56 valence electrons. The molecule has 0 heterocycles. The van der Waals surface area contributed by atoms with E-state index in [-0.39, 0.29) is 13.2 Å². The minimum atomic E-state index is -0.394. The minimum Gasteiger partial charge on any atom is -0.395 e. The van der Waals surface area contributed by atoms with Crippen molar-refractivity contribution in [2.24, 2.45) is 5.41 Å². The quantitative estimate of drug-likeness (QED) is 0.585. The Morgan fingerprint density at radius 2 is 1.90 bits per heavy atom. The molecule has 2 heteroatoms. The molecule has 1 aliphatic carbocycles. The van der Waals surface area contributed by atoms with Crippen LogP contribution in [-0.4, -0.2) is 23.4 Å². The van der Waals surface area contributed by atoms with Crippen molar-refractivity contribution in [3.05, 3.63) is 24.3 Å². The first kappa shape index (κ1) is 7.51. The topological polar surface area (TPSA) is 40.5 Å². The first-order chi connectivity index (χ1) is 4.83. The monoisotopic (exact) mass is 140 g/mol. The molecule has 0 atom stereocenters. The summed E-state index contributed by atoms with van der Waals surface area (Å²) >= 11 is 0. The van der Waals surface area contributed by atoms with Crippen molar-refractivity contribution in [1.82, 2.24) is 0 Å². The third-order valence-corrected chi connectivity index (χ3v) is 1.85. The second-order valence-corrected chi connectivity index (χ2v) is 2.67. The molecule has 2 N–H and O–H groups in total. The van der Waals surface area contributed by atoms with Gasteiger partial charge < -0.3 is 10.2 Å². The Bertz CT molecular complexity index is 155. The smallest absolute Gasteiger partial charge is 0.0547 e. The van der Waals surface area contributed by atoms with E-state index in [0.29, 0.717) is 0 Å². The standard InChI is InChI=1S/C8H12O2/c9-6-8(7-10)4-2-1-3-5-8/h1-4,9-10H,5-7H2. The lowest BCUT2D eigenvalue weighted by Gasteiger charge is -2.25. The predicted octanol–water partition coefficient (Wildman–Crippen LogP) is 0.474. The van der Waals surface area contributed by atoms with Gasteiger partial charge in [-0.15, -0.1) is 0 Å². The predicted molar refractivity (Wildman–Crippen MR) is 39.5 cm³/mol. The highest BCUT2D eigenvalue weighted by Crippen LogP contribution is 2.25. The highest BCUT2D eigenvalue weighted by atomic mass is 16.3. The van der Waals surface area contributed by atoms with Gasteiger partial charge in [0.05, 0.1) is 13.2 Å². The van der Waals surface area contributed by atoms with E-state index in [1.54, 1.807) is 0 Å². The summed E-state index contributed by atoms with van der Waals surface area (Å²) in [6.07, 6.45) is 8.31. The third kappa shape index (κ3) is 1.28. The highest BCUT2D eigenvalue weighted by molar-refractivity contribution is 5.16. The van der Waals surface area contributed by atoms with Gasteiger partial charge in [-0.1, -0.05) is 24.3 Å². The van der Waals surface area contributed by atoms with Crippen LogP contribution in [0, 0.1) is 5.41 Å². The number of hydrogen-bond donors (Lipinski definition) is 2. The van der Waals surface area contributed by atoms with Crippen LogP contribution in [0.3, 0.4) is 0 Å². The van der Waals surface area contributed by atoms with E-state index in [1.165, 1.54) is 0 Å². The van der Waals surface area contributed by atoms with Gasteiger partial charge in [0.1, 0.15) is 0 Å². The number of allylic oxidation sites excluding steroid dienone is 3. The lowest BCUT2D eigenvalue weighted by molar-refractivity contribution is 0.0950. The fourth-order valence-corrected chi connectivity index (χ4v) is 0.994. The Balaban J connectivity index is 2.66. The van der Waals surface area contributed by atoms with Gasteiger partial charge >= 0.3 is 0 Å². The fraction of sp³-hybridized carbons (Fsp3) is 0.500. The summed E-state index contributed by atoms with van der Waals surface area (Å²) in [6.45, 7) is 0.0364. The summed E-state index contributed by atoms with van der Waals surface area (Å²) in [5.41, 5.74) is -0.394. The van der Waals surface area contributed by atoms with E-state index in [2.05, 4.69) is 0 Å². The highest BCUT2D eigenvalue weighted by Gasteiger charge is 2.24. The Labute approximate surface area is 60.5 Å². The van der Waals surface area contributed by atoms with Gasteiger partial charge in [0.2, 0.25) is 0 Å². The summed E-state index contributed by atoms with van der Waals surface area (Å²) in [5.74, 6) is 0. The second kappa shape index (κ2) is 2.99. The molecule has 0 radical (unpaired) electrons. The summed E-state index contributed by atoms with van der Waals surface area (Å²) in [4.78, 5) is 0. The van der Waals surface area contributed by atoms with Crippen LogP contribution < -0.4 is 0 Å². The van der Waals surface area contributed by atoms with Gasteiger partial charge in [0, 0.05) is 5.41 Å². The molecular formula is C8H12O2. The van der Waals surface area contributed by atoms with Crippen molar-refractivity contribution in [2.45, 2.75) is 6.42 Å². The third-order valence-electron chi connectivity index (χ3n) is 1.85. The van der Waals surface area contributed by atoms with E-state index in [1.807, 2.05) is 24.3 Å². The SMILES string of the molecule is OCC1(CO)C=CC=CC1. The molecule has 0 unspecified atom stereocenters. The molecule has 0 aromatic rings. The second-order valence-electron chi connectivity index (χ2n) is 2.67. The average Bonchev–Trinajstić information content (AvgIpc) is 2.06. The zero-order valence-electron chi connectivity index (χ0n) is 5.83. The molecule has 0 saturated carbocycles. The molecule has 0 fully saturated rings. The van der Waals surface area contributed by atoms with E-state index >= 15 is 0 Å². The number of hydrogen-bond acceptors (Lipinski definition) is 2. The van der Waals surface area contributed by atoms with Crippen LogP contribution in [0.4, 0.5) is 0 Å². The summed E-state index contributed by atoms with van der Waals surface area (Å²) in [6, 6.07) is 0. The molecule has 0 aromatic carbocycles. The van der Waals surface area contributed by atoms with Crippen LogP contribution in [-0.2, 0) is 0 Å². The number of aliphatic hydroxyl groups excluding tert-OH is 2. The molecule has 0 amide bonds. The normalized spacial score (nSPS) is 21.4. The molecule has 2 nitrogen and oxygen atoms in total. The van der Waals surface area contributed by atoms with E-state index in [4.69, 9.17) is 10.2 Å². The van der Waals surface area contributed by atoms with Crippen LogP contribution in [0.5, 0.6) is 0 Å². The Hall–Kier alpha value is -0.600. The molecule has 10 heavy (non-hydrogen) atoms. The molecule has 0 bridgehead atoms. The van der Waals surface area contributed by atoms with Gasteiger partial charge in [0.15, 0.2) is 0 Å². The van der Waals surface area contributed by atoms with Crippen molar-refractivity contribution >= 4 is 0 Å². The van der Waals surface area contributed by atoms with Crippen LogP contribution in [0.2, 0.25) is 0 Å².